The number of hydrogen-bond acceptors (Lipinski definition) is 2. The van der Waals surface area contributed by atoms with Gasteiger partial charge in [-0.25, -0.2) is 0 Å². The highest BCUT2D eigenvalue weighted by Crippen LogP contribution is 2.18. The van der Waals surface area contributed by atoms with Crippen LogP contribution in [0.25, 0.3) is 0 Å². The van der Waals surface area contributed by atoms with Gasteiger partial charge in [-0.2, -0.15) is 0 Å². The lowest BCUT2D eigenvalue weighted by atomic mass is 10.1. The number of halogens is 1. The topological polar surface area (TPSA) is 24.1 Å². The summed E-state index contributed by atoms with van der Waals surface area (Å²) in [4.78, 5) is 0. The lowest BCUT2D eigenvalue weighted by Gasteiger charge is -2.17. The van der Waals surface area contributed by atoms with Gasteiger partial charge in [-0.1, -0.05) is 37.6 Å². The standard InChI is InChI=1S/C15H25ClN2/c1-11(2)8-17-9-12(3)18-10-14-6-5-7-15(16)13(14)4/h5-7,11-12,17-18H,8-10H2,1-4H3. The van der Waals surface area contributed by atoms with Gasteiger partial charge in [0, 0.05) is 24.2 Å². The molecule has 1 atom stereocenters. The highest BCUT2D eigenvalue weighted by molar-refractivity contribution is 6.31. The van der Waals surface area contributed by atoms with Crippen LogP contribution in [-0.2, 0) is 6.54 Å². The molecule has 1 aromatic carbocycles. The van der Waals surface area contributed by atoms with Gasteiger partial charge in [0.15, 0.2) is 0 Å². The van der Waals surface area contributed by atoms with E-state index in [0.717, 1.165) is 24.7 Å². The fraction of sp³-hybridized carbons (Fsp3) is 0.600. The summed E-state index contributed by atoms with van der Waals surface area (Å²) in [6.45, 7) is 11.7. The molecule has 1 aromatic rings. The molecule has 18 heavy (non-hydrogen) atoms. The molecule has 0 saturated heterocycles. The first-order chi connectivity index (χ1) is 8.50. The molecule has 1 unspecified atom stereocenters. The van der Waals surface area contributed by atoms with Crippen molar-refractivity contribution in [1.29, 1.82) is 0 Å². The summed E-state index contributed by atoms with van der Waals surface area (Å²) in [5, 5.41) is 7.82. The smallest absolute Gasteiger partial charge is 0.0438 e. The maximum atomic E-state index is 6.11. The van der Waals surface area contributed by atoms with Gasteiger partial charge in [-0.3, -0.25) is 0 Å². The van der Waals surface area contributed by atoms with Crippen molar-refractivity contribution in [3.63, 3.8) is 0 Å². The first kappa shape index (κ1) is 15.5. The van der Waals surface area contributed by atoms with Crippen molar-refractivity contribution in [2.45, 2.75) is 40.3 Å². The molecule has 0 saturated carbocycles. The molecule has 3 heteroatoms. The van der Waals surface area contributed by atoms with E-state index in [4.69, 9.17) is 11.6 Å². The van der Waals surface area contributed by atoms with E-state index in [1.165, 1.54) is 11.1 Å². The maximum absolute atomic E-state index is 6.11. The molecular weight excluding hydrogens is 244 g/mol. The molecule has 0 bridgehead atoms. The Hall–Kier alpha value is -0.570. The molecule has 0 fully saturated rings. The summed E-state index contributed by atoms with van der Waals surface area (Å²) in [5.41, 5.74) is 2.45. The summed E-state index contributed by atoms with van der Waals surface area (Å²) < 4.78 is 0. The average Bonchev–Trinajstić information content (AvgIpc) is 2.30. The minimum absolute atomic E-state index is 0.460. The molecule has 0 aliphatic rings. The van der Waals surface area contributed by atoms with Gasteiger partial charge >= 0.3 is 0 Å². The molecule has 2 nitrogen and oxygen atoms in total. The van der Waals surface area contributed by atoms with E-state index in [-0.39, 0.29) is 0 Å². The van der Waals surface area contributed by atoms with E-state index in [9.17, 15) is 0 Å². The summed E-state index contributed by atoms with van der Waals surface area (Å²) in [5.74, 6) is 0.701. The Morgan fingerprint density at radius 3 is 2.56 bits per heavy atom. The molecule has 0 aliphatic carbocycles. The zero-order valence-corrected chi connectivity index (χ0v) is 12.6. The fourth-order valence-corrected chi connectivity index (χ4v) is 1.98. The van der Waals surface area contributed by atoms with Gasteiger partial charge in [0.2, 0.25) is 0 Å². The third-order valence-corrected chi connectivity index (χ3v) is 3.43. The van der Waals surface area contributed by atoms with Gasteiger partial charge in [0.25, 0.3) is 0 Å². The van der Waals surface area contributed by atoms with Crippen molar-refractivity contribution in [1.82, 2.24) is 10.6 Å². The van der Waals surface area contributed by atoms with Crippen LogP contribution in [0.5, 0.6) is 0 Å². The van der Waals surface area contributed by atoms with Gasteiger partial charge in [-0.15, -0.1) is 0 Å². The van der Waals surface area contributed by atoms with Crippen LogP contribution in [0.4, 0.5) is 0 Å². The molecule has 0 spiro atoms. The predicted molar refractivity (Wildman–Crippen MR) is 80.2 cm³/mol. The Kier molecular flexibility index (Phi) is 6.69. The molecule has 102 valence electrons. The highest BCUT2D eigenvalue weighted by atomic mass is 35.5. The molecule has 2 N–H and O–H groups in total. The van der Waals surface area contributed by atoms with Crippen molar-refractivity contribution in [2.24, 2.45) is 5.92 Å². The second kappa shape index (κ2) is 7.78. The SMILES string of the molecule is Cc1c(Cl)cccc1CNC(C)CNCC(C)C. The zero-order valence-electron chi connectivity index (χ0n) is 11.9. The fourth-order valence-electron chi connectivity index (χ4n) is 1.79. The van der Waals surface area contributed by atoms with E-state index in [1.807, 2.05) is 12.1 Å². The van der Waals surface area contributed by atoms with Crippen LogP contribution < -0.4 is 10.6 Å². The third kappa shape index (κ3) is 5.38. The van der Waals surface area contributed by atoms with Crippen molar-refractivity contribution in [3.05, 3.63) is 34.3 Å². The number of rotatable bonds is 7. The van der Waals surface area contributed by atoms with Crippen molar-refractivity contribution >= 4 is 11.6 Å². The average molecular weight is 269 g/mol. The van der Waals surface area contributed by atoms with Crippen molar-refractivity contribution in [2.75, 3.05) is 13.1 Å². The number of hydrogen-bond donors (Lipinski definition) is 2. The molecule has 1 rings (SSSR count). The quantitative estimate of drug-likeness (QED) is 0.792. The van der Waals surface area contributed by atoms with E-state index in [0.29, 0.717) is 12.0 Å². The van der Waals surface area contributed by atoms with Crippen LogP contribution in [0.3, 0.4) is 0 Å². The van der Waals surface area contributed by atoms with Gasteiger partial charge in [0.1, 0.15) is 0 Å². The van der Waals surface area contributed by atoms with Crippen LogP contribution in [0.2, 0.25) is 5.02 Å². The summed E-state index contributed by atoms with van der Waals surface area (Å²) in [7, 11) is 0. The summed E-state index contributed by atoms with van der Waals surface area (Å²) in [6.07, 6.45) is 0. The monoisotopic (exact) mass is 268 g/mol. The number of nitrogens with one attached hydrogen (secondary N) is 2. The van der Waals surface area contributed by atoms with Crippen LogP contribution in [-0.4, -0.2) is 19.1 Å². The molecular formula is C15H25ClN2. The predicted octanol–water partition coefficient (Wildman–Crippen LogP) is 3.37. The second-order valence-electron chi connectivity index (χ2n) is 5.36. The van der Waals surface area contributed by atoms with E-state index >= 15 is 0 Å². The minimum atomic E-state index is 0.460. The lowest BCUT2D eigenvalue weighted by Crippen LogP contribution is -2.37. The molecule has 0 amide bonds. The van der Waals surface area contributed by atoms with Gasteiger partial charge in [0.05, 0.1) is 0 Å². The molecule has 0 radical (unpaired) electrons. The van der Waals surface area contributed by atoms with Gasteiger partial charge in [-0.05, 0) is 43.5 Å². The first-order valence-electron chi connectivity index (χ1n) is 6.68. The van der Waals surface area contributed by atoms with Crippen LogP contribution in [0.1, 0.15) is 31.9 Å². The normalized spacial score (nSPS) is 13.0. The largest absolute Gasteiger partial charge is 0.315 e. The number of benzene rings is 1. The first-order valence-corrected chi connectivity index (χ1v) is 7.06. The Morgan fingerprint density at radius 1 is 1.17 bits per heavy atom. The Bertz CT molecular complexity index is 364. The maximum Gasteiger partial charge on any atom is 0.0438 e. The van der Waals surface area contributed by atoms with Crippen LogP contribution in [0.15, 0.2) is 18.2 Å². The Labute approximate surface area is 116 Å². The second-order valence-corrected chi connectivity index (χ2v) is 5.77. The zero-order chi connectivity index (χ0) is 13.5. The lowest BCUT2D eigenvalue weighted by molar-refractivity contribution is 0.472. The Morgan fingerprint density at radius 2 is 1.89 bits per heavy atom. The molecule has 0 heterocycles. The Balaban J connectivity index is 2.33. The highest BCUT2D eigenvalue weighted by Gasteiger charge is 2.05. The van der Waals surface area contributed by atoms with Crippen molar-refractivity contribution in [3.8, 4) is 0 Å². The third-order valence-electron chi connectivity index (χ3n) is 3.02. The van der Waals surface area contributed by atoms with Crippen LogP contribution >= 0.6 is 11.6 Å². The van der Waals surface area contributed by atoms with E-state index in [1.54, 1.807) is 0 Å². The molecule has 0 aromatic heterocycles. The molecule has 0 aliphatic heterocycles. The van der Waals surface area contributed by atoms with Crippen LogP contribution in [0, 0.1) is 12.8 Å². The van der Waals surface area contributed by atoms with E-state index in [2.05, 4.69) is 44.4 Å². The van der Waals surface area contributed by atoms with Crippen molar-refractivity contribution < 1.29 is 0 Å². The van der Waals surface area contributed by atoms with Gasteiger partial charge < -0.3 is 10.6 Å². The van der Waals surface area contributed by atoms with E-state index < -0.39 is 0 Å². The summed E-state index contributed by atoms with van der Waals surface area (Å²) >= 11 is 6.11. The summed E-state index contributed by atoms with van der Waals surface area (Å²) in [6, 6.07) is 6.53. The minimum Gasteiger partial charge on any atom is -0.315 e.